The summed E-state index contributed by atoms with van der Waals surface area (Å²) in [5.74, 6) is -0.885. The zero-order chi connectivity index (χ0) is 11.0. The monoisotopic (exact) mass is 216 g/mol. The lowest BCUT2D eigenvalue weighted by atomic mass is 10.3. The van der Waals surface area contributed by atoms with Crippen LogP contribution in [0.1, 0.15) is 13.3 Å². The van der Waals surface area contributed by atoms with Crippen molar-refractivity contribution in [3.05, 3.63) is 0 Å². The zero-order valence-electron chi connectivity index (χ0n) is 7.82. The topological polar surface area (TPSA) is 79.2 Å². The highest BCUT2D eigenvalue weighted by Crippen LogP contribution is 1.93. The van der Waals surface area contributed by atoms with Crippen LogP contribution < -0.4 is 5.32 Å². The summed E-state index contributed by atoms with van der Waals surface area (Å²) in [6, 6.07) is 0.900. The summed E-state index contributed by atoms with van der Waals surface area (Å²) >= 11 is 3.89. The van der Waals surface area contributed by atoms with Gasteiger partial charge in [0.2, 0.25) is 5.91 Å². The van der Waals surface area contributed by atoms with E-state index in [9.17, 15) is 9.59 Å². The van der Waals surface area contributed by atoms with E-state index >= 15 is 0 Å². The summed E-state index contributed by atoms with van der Waals surface area (Å²) in [5.41, 5.74) is 0. The average Bonchev–Trinajstić information content (AvgIpc) is 2.15. The van der Waals surface area contributed by atoms with Crippen molar-refractivity contribution in [2.24, 2.45) is 0 Å². The Balaban J connectivity index is 4.09. The van der Waals surface area contributed by atoms with Gasteiger partial charge in [0.25, 0.3) is 0 Å². The van der Waals surface area contributed by atoms with Crippen molar-refractivity contribution in [2.75, 3.05) is 12.4 Å². The zero-order valence-corrected chi connectivity index (χ0v) is 8.71. The number of rotatable bonds is 5. The molecule has 5 nitrogen and oxygen atoms in total. The number of carbonyl (C=O) groups excluding carboxylic acids is 2. The van der Waals surface area contributed by atoms with Crippen molar-refractivity contribution in [3.8, 4) is 6.07 Å². The van der Waals surface area contributed by atoms with Gasteiger partial charge in [-0.15, -0.1) is 0 Å². The van der Waals surface area contributed by atoms with Gasteiger partial charge in [-0.05, 0) is 6.92 Å². The molecule has 0 fully saturated rings. The van der Waals surface area contributed by atoms with Gasteiger partial charge in [0.15, 0.2) is 0 Å². The molecule has 0 aromatic carbocycles. The van der Waals surface area contributed by atoms with Gasteiger partial charge >= 0.3 is 5.97 Å². The standard InChI is InChI=1S/C8H12N2O3S/c1-2-13-8(12)6(5-14)10-7(11)3-4-9/h6,14H,2-3,5H2,1H3,(H,10,11). The number of esters is 1. The molecule has 1 N–H and O–H groups in total. The van der Waals surface area contributed by atoms with Crippen molar-refractivity contribution in [3.63, 3.8) is 0 Å². The van der Waals surface area contributed by atoms with Gasteiger partial charge in [0.05, 0.1) is 12.7 Å². The molecule has 0 aromatic heterocycles. The van der Waals surface area contributed by atoms with Crippen LogP contribution in [0.25, 0.3) is 0 Å². The molecule has 0 saturated carbocycles. The highest BCUT2D eigenvalue weighted by atomic mass is 32.1. The number of nitrogens with one attached hydrogen (secondary N) is 1. The van der Waals surface area contributed by atoms with Crippen LogP contribution in [-0.2, 0) is 14.3 Å². The van der Waals surface area contributed by atoms with Crippen LogP contribution in [0.5, 0.6) is 0 Å². The number of nitriles is 1. The van der Waals surface area contributed by atoms with Crippen LogP contribution >= 0.6 is 12.6 Å². The number of ether oxygens (including phenoxy) is 1. The lowest BCUT2D eigenvalue weighted by Gasteiger charge is -2.13. The molecule has 14 heavy (non-hydrogen) atoms. The Labute approximate surface area is 87.8 Å². The second-order valence-electron chi connectivity index (χ2n) is 2.39. The van der Waals surface area contributed by atoms with E-state index < -0.39 is 17.9 Å². The Kier molecular flexibility index (Phi) is 6.58. The molecule has 1 atom stereocenters. The van der Waals surface area contributed by atoms with Crippen molar-refractivity contribution in [2.45, 2.75) is 19.4 Å². The van der Waals surface area contributed by atoms with Gasteiger partial charge in [-0.1, -0.05) is 0 Å². The Morgan fingerprint density at radius 3 is 2.71 bits per heavy atom. The van der Waals surface area contributed by atoms with Gasteiger partial charge < -0.3 is 10.1 Å². The van der Waals surface area contributed by atoms with Gasteiger partial charge in [-0.3, -0.25) is 4.79 Å². The molecule has 0 heterocycles. The molecule has 6 heteroatoms. The quantitative estimate of drug-likeness (QED) is 0.496. The second-order valence-corrected chi connectivity index (χ2v) is 2.75. The van der Waals surface area contributed by atoms with Crippen LogP contribution in [0.3, 0.4) is 0 Å². The maximum absolute atomic E-state index is 11.1. The van der Waals surface area contributed by atoms with E-state index in [0.29, 0.717) is 0 Å². The van der Waals surface area contributed by atoms with Gasteiger partial charge in [-0.25, -0.2) is 4.79 Å². The van der Waals surface area contributed by atoms with Gasteiger partial charge in [0.1, 0.15) is 12.5 Å². The first-order valence-corrected chi connectivity index (χ1v) is 4.72. The van der Waals surface area contributed by atoms with E-state index in [0.717, 1.165) is 0 Å². The summed E-state index contributed by atoms with van der Waals surface area (Å²) in [6.07, 6.45) is -0.274. The summed E-state index contributed by atoms with van der Waals surface area (Å²) in [6.45, 7) is 1.92. The Hall–Kier alpha value is -1.22. The van der Waals surface area contributed by atoms with E-state index in [2.05, 4.69) is 22.7 Å². The number of nitrogens with zero attached hydrogens (tertiary/aromatic N) is 1. The second kappa shape index (κ2) is 7.21. The van der Waals surface area contributed by atoms with E-state index in [1.807, 2.05) is 0 Å². The normalized spacial score (nSPS) is 11.2. The van der Waals surface area contributed by atoms with Crippen LogP contribution in [0.15, 0.2) is 0 Å². The maximum atomic E-state index is 11.1. The largest absolute Gasteiger partial charge is 0.464 e. The fraction of sp³-hybridized carbons (Fsp3) is 0.625. The molecular weight excluding hydrogens is 204 g/mol. The van der Waals surface area contributed by atoms with Crippen molar-refractivity contribution in [1.82, 2.24) is 5.32 Å². The average molecular weight is 216 g/mol. The Morgan fingerprint density at radius 2 is 2.29 bits per heavy atom. The molecule has 0 bridgehead atoms. The lowest BCUT2D eigenvalue weighted by Crippen LogP contribution is -2.43. The first-order valence-electron chi connectivity index (χ1n) is 4.09. The molecule has 0 aromatic rings. The van der Waals surface area contributed by atoms with E-state index in [-0.39, 0.29) is 18.8 Å². The summed E-state index contributed by atoms with van der Waals surface area (Å²) in [5, 5.41) is 10.6. The maximum Gasteiger partial charge on any atom is 0.329 e. The molecule has 0 saturated heterocycles. The smallest absolute Gasteiger partial charge is 0.329 e. The van der Waals surface area contributed by atoms with Crippen molar-refractivity contribution < 1.29 is 14.3 Å². The third-order valence-corrected chi connectivity index (χ3v) is 1.69. The third-order valence-electron chi connectivity index (χ3n) is 1.33. The van der Waals surface area contributed by atoms with Crippen molar-refractivity contribution >= 4 is 24.5 Å². The van der Waals surface area contributed by atoms with E-state index in [4.69, 9.17) is 5.26 Å². The minimum absolute atomic E-state index is 0.149. The fourth-order valence-electron chi connectivity index (χ4n) is 0.739. The Bertz CT molecular complexity index is 249. The number of hydrogen-bond acceptors (Lipinski definition) is 5. The summed E-state index contributed by atoms with van der Waals surface area (Å²) < 4.78 is 4.69. The van der Waals surface area contributed by atoms with Crippen LogP contribution in [0.4, 0.5) is 0 Å². The predicted octanol–water partition coefficient (Wildman–Crippen LogP) is -0.122. The summed E-state index contributed by atoms with van der Waals surface area (Å²) in [7, 11) is 0. The molecule has 0 aliphatic rings. The van der Waals surface area contributed by atoms with Crippen LogP contribution in [-0.4, -0.2) is 30.3 Å². The molecular formula is C8H12N2O3S. The number of hydrogen-bond donors (Lipinski definition) is 2. The van der Waals surface area contributed by atoms with Gasteiger partial charge in [0, 0.05) is 5.75 Å². The van der Waals surface area contributed by atoms with E-state index in [1.54, 1.807) is 13.0 Å². The highest BCUT2D eigenvalue weighted by Gasteiger charge is 2.19. The molecule has 0 rings (SSSR count). The van der Waals surface area contributed by atoms with Crippen LogP contribution in [0.2, 0.25) is 0 Å². The number of amides is 1. The molecule has 0 aliphatic heterocycles. The molecule has 78 valence electrons. The Morgan fingerprint density at radius 1 is 1.64 bits per heavy atom. The lowest BCUT2D eigenvalue weighted by molar-refractivity contribution is -0.146. The third kappa shape index (κ3) is 4.72. The van der Waals surface area contributed by atoms with Gasteiger partial charge in [-0.2, -0.15) is 17.9 Å². The fourth-order valence-corrected chi connectivity index (χ4v) is 0.979. The first-order chi connectivity index (χ1) is 6.65. The predicted molar refractivity (Wildman–Crippen MR) is 52.6 cm³/mol. The van der Waals surface area contributed by atoms with Crippen LogP contribution in [0, 0.1) is 11.3 Å². The molecule has 0 spiro atoms. The van der Waals surface area contributed by atoms with E-state index in [1.165, 1.54) is 0 Å². The SMILES string of the molecule is CCOC(=O)C(CS)NC(=O)CC#N. The minimum atomic E-state index is -0.779. The van der Waals surface area contributed by atoms with Crippen molar-refractivity contribution in [1.29, 1.82) is 5.26 Å². The molecule has 1 unspecified atom stereocenters. The minimum Gasteiger partial charge on any atom is -0.464 e. The number of thiol groups is 1. The molecule has 0 radical (unpaired) electrons. The molecule has 0 aliphatic carbocycles. The number of carbonyl (C=O) groups is 2. The molecule has 1 amide bonds. The first kappa shape index (κ1) is 12.8. The highest BCUT2D eigenvalue weighted by molar-refractivity contribution is 7.80. The summed E-state index contributed by atoms with van der Waals surface area (Å²) in [4.78, 5) is 22.1.